The summed E-state index contributed by atoms with van der Waals surface area (Å²) in [5.41, 5.74) is 1.26. The fourth-order valence-corrected chi connectivity index (χ4v) is 4.75. The highest BCUT2D eigenvalue weighted by Crippen LogP contribution is 2.26. The van der Waals surface area contributed by atoms with Gasteiger partial charge in [0.15, 0.2) is 0 Å². The minimum atomic E-state index is -0.0687. The molecule has 3 atom stereocenters. The average molecular weight is 400 g/mol. The van der Waals surface area contributed by atoms with Gasteiger partial charge in [-0.05, 0) is 25.5 Å². The highest BCUT2D eigenvalue weighted by molar-refractivity contribution is 5.83. The van der Waals surface area contributed by atoms with Crippen molar-refractivity contribution in [3.8, 4) is 0 Å². The van der Waals surface area contributed by atoms with Crippen molar-refractivity contribution in [3.63, 3.8) is 0 Å². The number of likely N-dealkylation sites (N-methyl/N-ethyl adjacent to an activating group) is 1. The van der Waals surface area contributed by atoms with Crippen LogP contribution in [0.2, 0.25) is 0 Å². The lowest BCUT2D eigenvalue weighted by atomic mass is 10.0. The monoisotopic (exact) mass is 399 g/mol. The quantitative estimate of drug-likeness (QED) is 0.719. The molecule has 3 heterocycles. The molecule has 0 saturated carbocycles. The van der Waals surface area contributed by atoms with E-state index in [1.807, 2.05) is 11.0 Å². The van der Waals surface area contributed by atoms with Gasteiger partial charge < -0.3 is 20.4 Å². The Hall–Kier alpha value is -1.96. The van der Waals surface area contributed by atoms with Gasteiger partial charge in [-0.15, -0.1) is 0 Å². The van der Waals surface area contributed by atoms with E-state index >= 15 is 0 Å². The average Bonchev–Trinajstić information content (AvgIpc) is 3.18. The molecule has 0 aliphatic carbocycles. The Kier molecular flexibility index (Phi) is 6.47. The van der Waals surface area contributed by atoms with Crippen LogP contribution in [0, 0.1) is 0 Å². The molecule has 2 N–H and O–H groups in total. The highest BCUT2D eigenvalue weighted by Gasteiger charge is 2.43. The molecule has 3 fully saturated rings. The zero-order valence-corrected chi connectivity index (χ0v) is 17.3. The minimum Gasteiger partial charge on any atom is -0.353 e. The molecule has 3 aliphatic heterocycles. The van der Waals surface area contributed by atoms with Gasteiger partial charge in [0.05, 0.1) is 6.04 Å². The Balaban J connectivity index is 1.28. The number of benzene rings is 1. The van der Waals surface area contributed by atoms with Crippen molar-refractivity contribution in [3.05, 3.63) is 35.9 Å². The molecule has 3 aliphatic rings. The molecule has 0 bridgehead atoms. The van der Waals surface area contributed by atoms with Crippen LogP contribution in [0.1, 0.15) is 24.8 Å². The van der Waals surface area contributed by atoms with Crippen molar-refractivity contribution in [2.45, 2.75) is 43.9 Å². The van der Waals surface area contributed by atoms with Gasteiger partial charge in [0.2, 0.25) is 11.8 Å². The van der Waals surface area contributed by atoms with Crippen LogP contribution in [0.5, 0.6) is 0 Å². The molecule has 7 nitrogen and oxygen atoms in total. The van der Waals surface area contributed by atoms with Crippen molar-refractivity contribution >= 4 is 11.8 Å². The normalized spacial score (nSPS) is 28.2. The maximum atomic E-state index is 12.6. The lowest BCUT2D eigenvalue weighted by molar-refractivity contribution is -0.133. The summed E-state index contributed by atoms with van der Waals surface area (Å²) in [6, 6.07) is 10.9. The molecule has 3 unspecified atom stereocenters. The second kappa shape index (κ2) is 9.24. The molecular weight excluding hydrogens is 366 g/mol. The minimum absolute atomic E-state index is 0.0687. The molecule has 2 amide bonds. The van der Waals surface area contributed by atoms with Crippen molar-refractivity contribution in [2.75, 3.05) is 46.3 Å². The van der Waals surface area contributed by atoms with Gasteiger partial charge in [0.1, 0.15) is 0 Å². The summed E-state index contributed by atoms with van der Waals surface area (Å²) in [5, 5.41) is 6.68. The molecule has 1 aromatic carbocycles. The maximum Gasteiger partial charge on any atom is 0.237 e. The second-order valence-electron chi connectivity index (χ2n) is 8.63. The first kappa shape index (κ1) is 20.3. The number of amides is 2. The molecule has 1 aromatic rings. The van der Waals surface area contributed by atoms with Gasteiger partial charge in [-0.1, -0.05) is 30.3 Å². The number of rotatable bonds is 6. The smallest absolute Gasteiger partial charge is 0.237 e. The van der Waals surface area contributed by atoms with E-state index in [1.165, 1.54) is 5.56 Å². The van der Waals surface area contributed by atoms with Crippen LogP contribution < -0.4 is 10.6 Å². The largest absolute Gasteiger partial charge is 0.353 e. The molecule has 0 radical (unpaired) electrons. The molecule has 0 aromatic heterocycles. The molecule has 0 spiro atoms. The number of hydrogen-bond donors (Lipinski definition) is 2. The van der Waals surface area contributed by atoms with E-state index in [9.17, 15) is 9.59 Å². The predicted molar refractivity (Wildman–Crippen MR) is 112 cm³/mol. The van der Waals surface area contributed by atoms with E-state index in [0.717, 1.165) is 52.1 Å². The second-order valence-corrected chi connectivity index (χ2v) is 8.63. The Bertz CT molecular complexity index is 704. The summed E-state index contributed by atoms with van der Waals surface area (Å²) in [5.74, 6) is 0.389. The third-order valence-electron chi connectivity index (χ3n) is 6.61. The van der Waals surface area contributed by atoms with E-state index in [2.05, 4.69) is 51.7 Å². The Morgan fingerprint density at radius 3 is 2.69 bits per heavy atom. The number of carbonyl (C=O) groups is 2. The molecule has 29 heavy (non-hydrogen) atoms. The third-order valence-corrected chi connectivity index (χ3v) is 6.61. The SMILES string of the molecule is CN1CCN(C(=O)CCC2CNC(=O)C3CC(NCc4ccccc4)CN23)CC1. The first-order valence-electron chi connectivity index (χ1n) is 10.9. The van der Waals surface area contributed by atoms with Crippen molar-refractivity contribution in [2.24, 2.45) is 0 Å². The molecule has 3 saturated heterocycles. The lowest BCUT2D eigenvalue weighted by Gasteiger charge is -2.38. The summed E-state index contributed by atoms with van der Waals surface area (Å²) in [4.78, 5) is 31.6. The van der Waals surface area contributed by atoms with E-state index in [1.54, 1.807) is 0 Å². The van der Waals surface area contributed by atoms with Crippen LogP contribution in [0.25, 0.3) is 0 Å². The van der Waals surface area contributed by atoms with Crippen molar-refractivity contribution in [1.82, 2.24) is 25.3 Å². The summed E-state index contributed by atoms with van der Waals surface area (Å²) < 4.78 is 0. The van der Waals surface area contributed by atoms with Crippen LogP contribution in [-0.4, -0.2) is 91.0 Å². The molecule has 4 rings (SSSR count). The van der Waals surface area contributed by atoms with Gasteiger partial charge in [0.25, 0.3) is 0 Å². The third kappa shape index (κ3) is 4.97. The summed E-state index contributed by atoms with van der Waals surface area (Å²) >= 11 is 0. The van der Waals surface area contributed by atoms with Crippen LogP contribution in [-0.2, 0) is 16.1 Å². The summed E-state index contributed by atoms with van der Waals surface area (Å²) in [7, 11) is 2.10. The number of nitrogens with one attached hydrogen (secondary N) is 2. The van der Waals surface area contributed by atoms with Gasteiger partial charge >= 0.3 is 0 Å². The number of carbonyl (C=O) groups excluding carboxylic acids is 2. The standard InChI is InChI=1S/C22H33N5O2/c1-25-9-11-26(12-10-25)21(28)8-7-19-15-24-22(29)20-13-18(16-27(19)20)23-14-17-5-3-2-4-6-17/h2-6,18-20,23H,7-16H2,1H3,(H,24,29). The predicted octanol–water partition coefficient (Wildman–Crippen LogP) is 0.272. The van der Waals surface area contributed by atoms with Crippen molar-refractivity contribution in [1.29, 1.82) is 0 Å². The number of nitrogens with zero attached hydrogens (tertiary/aromatic N) is 3. The number of piperazine rings is 2. The zero-order valence-electron chi connectivity index (χ0n) is 17.3. The number of fused-ring (bicyclic) bond motifs is 1. The van der Waals surface area contributed by atoms with E-state index in [0.29, 0.717) is 19.0 Å². The summed E-state index contributed by atoms with van der Waals surface area (Å²) in [6.07, 6.45) is 2.21. The Morgan fingerprint density at radius 1 is 1.17 bits per heavy atom. The molecule has 7 heteroatoms. The fraction of sp³-hybridized carbons (Fsp3) is 0.636. The topological polar surface area (TPSA) is 67.9 Å². The van der Waals surface area contributed by atoms with E-state index < -0.39 is 0 Å². The van der Waals surface area contributed by atoms with E-state index in [4.69, 9.17) is 0 Å². The first-order chi connectivity index (χ1) is 14.1. The lowest BCUT2D eigenvalue weighted by Crippen LogP contribution is -2.58. The highest BCUT2D eigenvalue weighted by atomic mass is 16.2. The summed E-state index contributed by atoms with van der Waals surface area (Å²) in [6.45, 7) is 5.90. The van der Waals surface area contributed by atoms with Crippen LogP contribution in [0.3, 0.4) is 0 Å². The van der Waals surface area contributed by atoms with E-state index in [-0.39, 0.29) is 23.9 Å². The van der Waals surface area contributed by atoms with Crippen LogP contribution >= 0.6 is 0 Å². The van der Waals surface area contributed by atoms with Crippen molar-refractivity contribution < 1.29 is 9.59 Å². The molecular formula is C22H33N5O2. The van der Waals surface area contributed by atoms with Gasteiger partial charge in [-0.2, -0.15) is 0 Å². The van der Waals surface area contributed by atoms with Gasteiger partial charge in [-0.25, -0.2) is 0 Å². The van der Waals surface area contributed by atoms with Gasteiger partial charge in [0, 0.05) is 64.3 Å². The zero-order chi connectivity index (χ0) is 20.2. The van der Waals surface area contributed by atoms with Gasteiger partial charge in [-0.3, -0.25) is 14.5 Å². The first-order valence-corrected chi connectivity index (χ1v) is 10.9. The van der Waals surface area contributed by atoms with Crippen LogP contribution in [0.4, 0.5) is 0 Å². The van der Waals surface area contributed by atoms with Crippen LogP contribution in [0.15, 0.2) is 30.3 Å². The molecule has 158 valence electrons. The number of hydrogen-bond acceptors (Lipinski definition) is 5. The maximum absolute atomic E-state index is 12.6. The Morgan fingerprint density at radius 2 is 1.93 bits per heavy atom. The Labute approximate surface area is 173 Å². The fourth-order valence-electron chi connectivity index (χ4n) is 4.75.